The molecule has 2 aromatic carbocycles. The molecule has 0 spiro atoms. The Morgan fingerprint density at radius 1 is 1.04 bits per heavy atom. The molecule has 0 fully saturated rings. The molecule has 0 unspecified atom stereocenters. The molecular formula is C21H19ClN4OS. The maximum absolute atomic E-state index is 13.0. The van der Waals surface area contributed by atoms with Gasteiger partial charge in [0.2, 0.25) is 4.96 Å². The molecule has 0 saturated carbocycles. The largest absolute Gasteiger partial charge is 0.372 e. The van der Waals surface area contributed by atoms with Crippen molar-refractivity contribution in [3.05, 3.63) is 74.0 Å². The van der Waals surface area contributed by atoms with Gasteiger partial charge in [0, 0.05) is 29.4 Å². The molecule has 2 heterocycles. The summed E-state index contributed by atoms with van der Waals surface area (Å²) >= 11 is 7.30. The van der Waals surface area contributed by atoms with Gasteiger partial charge in [0.1, 0.15) is 0 Å². The Bertz CT molecular complexity index is 1210. The van der Waals surface area contributed by atoms with Crippen molar-refractivity contribution in [2.75, 3.05) is 18.0 Å². The lowest BCUT2D eigenvalue weighted by Crippen LogP contribution is -2.23. The zero-order valence-corrected chi connectivity index (χ0v) is 17.2. The van der Waals surface area contributed by atoms with E-state index in [4.69, 9.17) is 11.6 Å². The van der Waals surface area contributed by atoms with Gasteiger partial charge in [-0.25, -0.2) is 4.40 Å². The highest BCUT2D eigenvalue weighted by molar-refractivity contribution is 7.15. The number of hydrogen-bond acceptors (Lipinski definition) is 5. The first-order valence-electron chi connectivity index (χ1n) is 9.11. The maximum atomic E-state index is 13.0. The Labute approximate surface area is 171 Å². The number of aromatic nitrogens is 3. The van der Waals surface area contributed by atoms with Crippen LogP contribution in [0, 0.1) is 0 Å². The first kappa shape index (κ1) is 18.7. The topological polar surface area (TPSA) is 50.5 Å². The second-order valence-electron chi connectivity index (χ2n) is 6.33. The molecule has 4 rings (SSSR count). The molecule has 5 nitrogen and oxygen atoms in total. The number of halogens is 1. The monoisotopic (exact) mass is 410 g/mol. The minimum Gasteiger partial charge on any atom is -0.372 e. The number of benzene rings is 2. The van der Waals surface area contributed by atoms with E-state index in [2.05, 4.69) is 41.1 Å². The molecule has 0 amide bonds. The lowest BCUT2D eigenvalue weighted by atomic mass is 10.2. The summed E-state index contributed by atoms with van der Waals surface area (Å²) in [5.41, 5.74) is 2.86. The van der Waals surface area contributed by atoms with E-state index in [1.165, 1.54) is 17.0 Å². The first-order valence-corrected chi connectivity index (χ1v) is 10.3. The van der Waals surface area contributed by atoms with Crippen LogP contribution in [0.5, 0.6) is 0 Å². The molecule has 28 heavy (non-hydrogen) atoms. The average molecular weight is 411 g/mol. The van der Waals surface area contributed by atoms with E-state index in [9.17, 15) is 4.79 Å². The van der Waals surface area contributed by atoms with Gasteiger partial charge >= 0.3 is 0 Å². The first-order chi connectivity index (χ1) is 13.6. The number of fused-ring (bicyclic) bond motifs is 1. The van der Waals surface area contributed by atoms with Gasteiger partial charge in [-0.15, -0.1) is 10.2 Å². The molecule has 2 aromatic heterocycles. The van der Waals surface area contributed by atoms with Crippen molar-refractivity contribution >= 4 is 39.7 Å². The van der Waals surface area contributed by atoms with E-state index in [1.54, 1.807) is 16.5 Å². The van der Waals surface area contributed by atoms with Crippen LogP contribution in [0.3, 0.4) is 0 Å². The molecule has 0 aliphatic heterocycles. The van der Waals surface area contributed by atoms with Gasteiger partial charge in [0.25, 0.3) is 5.56 Å². The predicted octanol–water partition coefficient (Wildman–Crippen LogP) is 3.87. The molecule has 0 aliphatic carbocycles. The standard InChI is InChI=1S/C21H19ClN4OS/c1-3-25(4-2)17-11-5-14(6-12-17)13-18-20(27)26-19(23-24-21(26)28-18)15-7-9-16(22)10-8-15/h5-13H,3-4H2,1-2H3/b18-13+. The fourth-order valence-electron chi connectivity index (χ4n) is 3.17. The smallest absolute Gasteiger partial charge is 0.276 e. The van der Waals surface area contributed by atoms with Gasteiger partial charge < -0.3 is 4.90 Å². The molecule has 0 radical (unpaired) electrons. The second kappa shape index (κ2) is 7.73. The van der Waals surface area contributed by atoms with Crippen LogP contribution < -0.4 is 15.0 Å². The minimum absolute atomic E-state index is 0.109. The van der Waals surface area contributed by atoms with Gasteiger partial charge in [0.05, 0.1) is 4.53 Å². The van der Waals surface area contributed by atoms with Gasteiger partial charge in [-0.2, -0.15) is 0 Å². The Hall–Kier alpha value is -2.70. The van der Waals surface area contributed by atoms with E-state index in [1.807, 2.05) is 30.3 Å². The van der Waals surface area contributed by atoms with Crippen LogP contribution in [0.4, 0.5) is 5.69 Å². The van der Waals surface area contributed by atoms with Crippen molar-refractivity contribution in [3.63, 3.8) is 0 Å². The van der Waals surface area contributed by atoms with Crippen molar-refractivity contribution in [2.45, 2.75) is 13.8 Å². The van der Waals surface area contributed by atoms with Crippen LogP contribution in [-0.4, -0.2) is 27.7 Å². The number of anilines is 1. The molecule has 4 aromatic rings. The summed E-state index contributed by atoms with van der Waals surface area (Å²) in [5.74, 6) is 0.532. The molecule has 142 valence electrons. The summed E-state index contributed by atoms with van der Waals surface area (Å²) in [6, 6.07) is 15.5. The lowest BCUT2D eigenvalue weighted by Gasteiger charge is -2.20. The fourth-order valence-corrected chi connectivity index (χ4v) is 4.21. The molecular weight excluding hydrogens is 392 g/mol. The van der Waals surface area contributed by atoms with Gasteiger partial charge in [0.15, 0.2) is 5.82 Å². The normalized spacial score (nSPS) is 12.0. The van der Waals surface area contributed by atoms with Crippen LogP contribution >= 0.6 is 22.9 Å². The molecule has 0 bridgehead atoms. The van der Waals surface area contributed by atoms with E-state index in [-0.39, 0.29) is 5.56 Å². The summed E-state index contributed by atoms with van der Waals surface area (Å²) in [7, 11) is 0. The second-order valence-corrected chi connectivity index (χ2v) is 7.77. The van der Waals surface area contributed by atoms with E-state index in [0.717, 1.165) is 24.2 Å². The van der Waals surface area contributed by atoms with Crippen LogP contribution in [-0.2, 0) is 0 Å². The van der Waals surface area contributed by atoms with Crippen LogP contribution in [0.1, 0.15) is 19.4 Å². The molecule has 7 heteroatoms. The van der Waals surface area contributed by atoms with E-state index < -0.39 is 0 Å². The predicted molar refractivity (Wildman–Crippen MR) is 116 cm³/mol. The highest BCUT2D eigenvalue weighted by Gasteiger charge is 2.14. The summed E-state index contributed by atoms with van der Waals surface area (Å²) in [6.45, 7) is 6.21. The highest BCUT2D eigenvalue weighted by Crippen LogP contribution is 2.20. The molecule has 0 aliphatic rings. The third-order valence-electron chi connectivity index (χ3n) is 4.67. The van der Waals surface area contributed by atoms with Crippen molar-refractivity contribution in [3.8, 4) is 11.4 Å². The van der Waals surface area contributed by atoms with Crippen molar-refractivity contribution in [2.24, 2.45) is 0 Å². The third kappa shape index (κ3) is 3.41. The van der Waals surface area contributed by atoms with E-state index >= 15 is 0 Å². The van der Waals surface area contributed by atoms with Crippen LogP contribution in [0.15, 0.2) is 53.3 Å². The molecule has 0 N–H and O–H groups in total. The summed E-state index contributed by atoms with van der Waals surface area (Å²) in [4.78, 5) is 15.8. The van der Waals surface area contributed by atoms with Crippen molar-refractivity contribution in [1.82, 2.24) is 14.6 Å². The lowest BCUT2D eigenvalue weighted by molar-refractivity contribution is 0.866. The highest BCUT2D eigenvalue weighted by atomic mass is 35.5. The number of nitrogens with zero attached hydrogens (tertiary/aromatic N) is 4. The van der Waals surface area contributed by atoms with Gasteiger partial charge in [-0.3, -0.25) is 4.79 Å². The Kier molecular flexibility index (Phi) is 5.15. The molecule has 0 atom stereocenters. The maximum Gasteiger partial charge on any atom is 0.276 e. The average Bonchev–Trinajstić information content (AvgIpc) is 3.25. The Morgan fingerprint density at radius 3 is 2.36 bits per heavy atom. The number of hydrogen-bond donors (Lipinski definition) is 0. The molecule has 0 saturated heterocycles. The third-order valence-corrected chi connectivity index (χ3v) is 5.88. The van der Waals surface area contributed by atoms with Crippen LogP contribution in [0.2, 0.25) is 5.02 Å². The van der Waals surface area contributed by atoms with E-state index in [0.29, 0.717) is 20.3 Å². The summed E-state index contributed by atoms with van der Waals surface area (Å²) in [6.07, 6.45) is 1.90. The van der Waals surface area contributed by atoms with Gasteiger partial charge in [-0.05, 0) is 61.9 Å². The number of rotatable bonds is 5. The SMILES string of the molecule is CCN(CC)c1ccc(/C=c2/sc3nnc(-c4ccc(Cl)cc4)n3c2=O)cc1. The Balaban J connectivity index is 1.75. The van der Waals surface area contributed by atoms with Crippen LogP contribution in [0.25, 0.3) is 22.4 Å². The quantitative estimate of drug-likeness (QED) is 0.501. The summed E-state index contributed by atoms with van der Waals surface area (Å²) < 4.78 is 2.19. The minimum atomic E-state index is -0.109. The zero-order valence-electron chi connectivity index (χ0n) is 15.6. The van der Waals surface area contributed by atoms with Gasteiger partial charge in [-0.1, -0.05) is 35.1 Å². The van der Waals surface area contributed by atoms with Crippen molar-refractivity contribution in [1.29, 1.82) is 0 Å². The van der Waals surface area contributed by atoms with Crippen molar-refractivity contribution < 1.29 is 0 Å². The zero-order chi connectivity index (χ0) is 19.7. The number of thiazole rings is 1. The Morgan fingerprint density at radius 2 is 1.71 bits per heavy atom. The summed E-state index contributed by atoms with van der Waals surface area (Å²) in [5, 5.41) is 8.99. The fraction of sp³-hybridized carbons (Fsp3) is 0.190.